The van der Waals surface area contributed by atoms with Crippen molar-refractivity contribution in [1.82, 2.24) is 15.5 Å². The zero-order valence-corrected chi connectivity index (χ0v) is 22.4. The third-order valence-corrected chi connectivity index (χ3v) is 7.03. The van der Waals surface area contributed by atoms with Crippen LogP contribution >= 0.6 is 0 Å². The summed E-state index contributed by atoms with van der Waals surface area (Å²) in [6, 6.07) is -0.900. The summed E-state index contributed by atoms with van der Waals surface area (Å²) in [4.78, 5) is 26.9. The van der Waals surface area contributed by atoms with Crippen molar-refractivity contribution in [2.24, 2.45) is 5.92 Å². The fraction of sp³-hybridized carbons (Fsp3) is 0.926. The van der Waals surface area contributed by atoms with E-state index in [1.165, 1.54) is 44.9 Å². The van der Waals surface area contributed by atoms with Gasteiger partial charge in [0.2, 0.25) is 11.8 Å². The van der Waals surface area contributed by atoms with E-state index in [2.05, 4.69) is 22.5 Å². The van der Waals surface area contributed by atoms with Crippen LogP contribution in [0, 0.1) is 5.92 Å². The van der Waals surface area contributed by atoms with Crippen molar-refractivity contribution in [2.45, 2.75) is 135 Å². The molecule has 7 heteroatoms. The molecule has 5 unspecified atom stereocenters. The van der Waals surface area contributed by atoms with Gasteiger partial charge in [-0.15, -0.1) is 0 Å². The lowest BCUT2D eigenvalue weighted by Gasteiger charge is -2.32. The minimum absolute atomic E-state index is 0.0845. The molecule has 1 fully saturated rings. The van der Waals surface area contributed by atoms with E-state index >= 15 is 0 Å². The highest BCUT2D eigenvalue weighted by Gasteiger charge is 2.35. The van der Waals surface area contributed by atoms with E-state index in [1.54, 1.807) is 6.92 Å². The second-order valence-electron chi connectivity index (χ2n) is 10.5. The van der Waals surface area contributed by atoms with Gasteiger partial charge in [-0.05, 0) is 45.1 Å². The van der Waals surface area contributed by atoms with Crippen molar-refractivity contribution >= 4 is 11.8 Å². The number of unbranched alkanes of at least 4 members (excludes halogenated alkanes) is 8. The molecule has 0 bridgehead atoms. The minimum atomic E-state index is -0.467. The fourth-order valence-electron chi connectivity index (χ4n) is 4.70. The molecule has 200 valence electrons. The Bertz CT molecular complexity index is 558. The first-order valence-corrected chi connectivity index (χ1v) is 14.0. The van der Waals surface area contributed by atoms with Gasteiger partial charge in [-0.2, -0.15) is 0 Å². The number of amides is 2. The molecule has 0 radical (unpaired) electrons. The van der Waals surface area contributed by atoms with Crippen molar-refractivity contribution in [3.8, 4) is 0 Å². The Kier molecular flexibility index (Phi) is 16.5. The number of carbonyl (C=O) groups excluding carboxylic acids is 2. The van der Waals surface area contributed by atoms with Gasteiger partial charge >= 0.3 is 0 Å². The lowest BCUT2D eigenvalue weighted by atomic mass is 9.94. The van der Waals surface area contributed by atoms with Gasteiger partial charge in [0, 0.05) is 13.1 Å². The Balaban J connectivity index is 2.28. The van der Waals surface area contributed by atoms with Crippen LogP contribution in [0.15, 0.2) is 0 Å². The number of hydrogen-bond donors (Lipinski definition) is 4. The fourth-order valence-corrected chi connectivity index (χ4v) is 4.70. The number of aliphatic hydroxyl groups is 2. The second-order valence-corrected chi connectivity index (χ2v) is 10.5. The van der Waals surface area contributed by atoms with Crippen molar-refractivity contribution in [3.05, 3.63) is 0 Å². The number of nitrogens with one attached hydrogen (secondary N) is 2. The van der Waals surface area contributed by atoms with Gasteiger partial charge < -0.3 is 20.8 Å². The third-order valence-electron chi connectivity index (χ3n) is 7.03. The van der Waals surface area contributed by atoms with Crippen molar-refractivity contribution < 1.29 is 19.8 Å². The van der Waals surface area contributed by atoms with Gasteiger partial charge in [0.1, 0.15) is 12.1 Å². The predicted molar refractivity (Wildman–Crippen MR) is 139 cm³/mol. The Morgan fingerprint density at radius 1 is 0.824 bits per heavy atom. The molecule has 0 aromatic rings. The van der Waals surface area contributed by atoms with Crippen LogP contribution < -0.4 is 10.6 Å². The van der Waals surface area contributed by atoms with Crippen LogP contribution in [0.5, 0.6) is 0 Å². The summed E-state index contributed by atoms with van der Waals surface area (Å²) >= 11 is 0. The normalized spacial score (nSPS) is 21.3. The maximum Gasteiger partial charge on any atom is 0.243 e. The van der Waals surface area contributed by atoms with Gasteiger partial charge in [-0.25, -0.2) is 0 Å². The zero-order valence-electron chi connectivity index (χ0n) is 22.4. The van der Waals surface area contributed by atoms with Crippen LogP contribution in [-0.4, -0.2) is 70.9 Å². The molecular formula is C27H53N3O4. The standard InChI is InChI=1S/C27H53N3O4/c1-5-7-8-9-10-11-12-13-16-23(32)20-30(19-22(4)31)18-15-14-17-24-26(33)29-25(21(3)6-2)27(34)28-24/h21-25,31-32H,5-20H2,1-4H3,(H,28,34)(H,29,33). The van der Waals surface area contributed by atoms with Crippen LogP contribution in [-0.2, 0) is 9.59 Å². The first kappa shape index (κ1) is 30.9. The first-order chi connectivity index (χ1) is 16.3. The quantitative estimate of drug-likeness (QED) is 0.198. The summed E-state index contributed by atoms with van der Waals surface area (Å²) in [6.45, 7) is 9.86. The molecule has 1 heterocycles. The average Bonchev–Trinajstić information content (AvgIpc) is 2.79. The largest absolute Gasteiger partial charge is 0.392 e. The summed E-state index contributed by atoms with van der Waals surface area (Å²) in [5.74, 6) is -0.0542. The molecule has 0 aliphatic carbocycles. The lowest BCUT2D eigenvalue weighted by molar-refractivity contribution is -0.138. The molecule has 1 aliphatic rings. The molecule has 0 aromatic carbocycles. The second kappa shape index (κ2) is 18.1. The van der Waals surface area contributed by atoms with Crippen LogP contribution in [0.1, 0.15) is 111 Å². The van der Waals surface area contributed by atoms with E-state index < -0.39 is 18.2 Å². The van der Waals surface area contributed by atoms with E-state index in [4.69, 9.17) is 0 Å². The number of piperazine rings is 1. The van der Waals surface area contributed by atoms with E-state index in [1.807, 2.05) is 13.8 Å². The first-order valence-electron chi connectivity index (χ1n) is 14.0. The highest BCUT2D eigenvalue weighted by atomic mass is 16.3. The predicted octanol–water partition coefficient (Wildman–Crippen LogP) is 3.76. The van der Waals surface area contributed by atoms with Crippen LogP contribution in [0.3, 0.4) is 0 Å². The molecule has 1 aliphatic heterocycles. The molecule has 1 saturated heterocycles. The highest BCUT2D eigenvalue weighted by molar-refractivity contribution is 5.97. The number of aliphatic hydroxyl groups excluding tert-OH is 2. The molecule has 2 amide bonds. The Labute approximate surface area is 208 Å². The number of nitrogens with zero attached hydrogens (tertiary/aromatic N) is 1. The molecule has 7 nitrogen and oxygen atoms in total. The molecule has 0 spiro atoms. The number of carbonyl (C=O) groups is 2. The topological polar surface area (TPSA) is 102 Å². The SMILES string of the molecule is CCCCCCCCCCC(O)CN(CCCCC1NC(=O)C(C(C)CC)NC1=O)CC(C)O. The van der Waals surface area contributed by atoms with Gasteiger partial charge in [0.15, 0.2) is 0 Å². The van der Waals surface area contributed by atoms with Crippen molar-refractivity contribution in [2.75, 3.05) is 19.6 Å². The van der Waals surface area contributed by atoms with Crippen LogP contribution in [0.2, 0.25) is 0 Å². The summed E-state index contributed by atoms with van der Waals surface area (Å²) in [7, 11) is 0. The molecule has 0 saturated carbocycles. The number of hydrogen-bond acceptors (Lipinski definition) is 5. The van der Waals surface area contributed by atoms with Crippen LogP contribution in [0.25, 0.3) is 0 Å². The smallest absolute Gasteiger partial charge is 0.243 e. The maximum atomic E-state index is 12.4. The van der Waals surface area contributed by atoms with Gasteiger partial charge in [0.05, 0.1) is 12.2 Å². The van der Waals surface area contributed by atoms with Gasteiger partial charge in [-0.3, -0.25) is 14.5 Å². The third kappa shape index (κ3) is 13.1. The van der Waals surface area contributed by atoms with E-state index in [0.29, 0.717) is 19.5 Å². The molecule has 0 aromatic heterocycles. The Morgan fingerprint density at radius 2 is 1.47 bits per heavy atom. The Hall–Kier alpha value is -1.18. The molecule has 5 atom stereocenters. The summed E-state index contributed by atoms with van der Waals surface area (Å²) < 4.78 is 0. The van der Waals surface area contributed by atoms with Gasteiger partial charge in [-0.1, -0.05) is 78.6 Å². The summed E-state index contributed by atoms with van der Waals surface area (Å²) in [5, 5.41) is 26.1. The minimum Gasteiger partial charge on any atom is -0.392 e. The zero-order chi connectivity index (χ0) is 25.3. The van der Waals surface area contributed by atoms with E-state index in [0.717, 1.165) is 38.6 Å². The van der Waals surface area contributed by atoms with Crippen molar-refractivity contribution in [3.63, 3.8) is 0 Å². The molecule has 1 rings (SSSR count). The summed E-state index contributed by atoms with van der Waals surface area (Å²) in [6.07, 6.45) is 13.1. The average molecular weight is 484 g/mol. The monoisotopic (exact) mass is 483 g/mol. The molecule has 4 N–H and O–H groups in total. The maximum absolute atomic E-state index is 12.4. The van der Waals surface area contributed by atoms with E-state index in [9.17, 15) is 19.8 Å². The molecule has 34 heavy (non-hydrogen) atoms. The van der Waals surface area contributed by atoms with E-state index in [-0.39, 0.29) is 23.8 Å². The summed E-state index contributed by atoms with van der Waals surface area (Å²) in [5.41, 5.74) is 0. The van der Waals surface area contributed by atoms with Crippen LogP contribution in [0.4, 0.5) is 0 Å². The van der Waals surface area contributed by atoms with Crippen molar-refractivity contribution in [1.29, 1.82) is 0 Å². The van der Waals surface area contributed by atoms with Gasteiger partial charge in [0.25, 0.3) is 0 Å². The lowest BCUT2D eigenvalue weighted by Crippen LogP contribution is -2.63. The molecular weight excluding hydrogens is 430 g/mol. The highest BCUT2D eigenvalue weighted by Crippen LogP contribution is 2.15. The number of rotatable bonds is 20. The Morgan fingerprint density at radius 3 is 2.09 bits per heavy atom.